The molecule has 1 fully saturated rings. The largest absolute Gasteiger partial charge is 0.478 e. The predicted molar refractivity (Wildman–Crippen MR) is 137 cm³/mol. The molecule has 4 aromatic rings. The smallest absolute Gasteiger partial charge is 0.339 e. The fourth-order valence-electron chi connectivity index (χ4n) is 5.44. The van der Waals surface area contributed by atoms with Crippen molar-refractivity contribution in [2.45, 2.75) is 39.3 Å². The molecule has 178 valence electrons. The summed E-state index contributed by atoms with van der Waals surface area (Å²) in [5, 5.41) is 10.5. The van der Waals surface area contributed by atoms with Gasteiger partial charge in [-0.2, -0.15) is 0 Å². The maximum absolute atomic E-state index is 11.3. The Hall–Kier alpha value is -3.71. The number of benzene rings is 2. The van der Waals surface area contributed by atoms with Crippen LogP contribution in [0, 0.1) is 6.92 Å². The van der Waals surface area contributed by atoms with Crippen molar-refractivity contribution in [2.24, 2.45) is 0 Å². The SMILES string of the molecule is Cc1nc(N2CCc3[nH]c4cc(-c5cccc(CN6CCCC6)c5)ccc4c3C2)ncc1C(=O)O. The monoisotopic (exact) mass is 467 g/mol. The second-order valence-electron chi connectivity index (χ2n) is 9.67. The van der Waals surface area contributed by atoms with Crippen LogP contribution in [0.1, 0.15) is 45.7 Å². The Labute approximate surface area is 204 Å². The lowest BCUT2D eigenvalue weighted by Crippen LogP contribution is -2.31. The Kier molecular flexibility index (Phi) is 5.49. The van der Waals surface area contributed by atoms with Gasteiger partial charge >= 0.3 is 5.97 Å². The van der Waals surface area contributed by atoms with Gasteiger partial charge in [-0.3, -0.25) is 4.90 Å². The summed E-state index contributed by atoms with van der Waals surface area (Å²) in [4.78, 5) is 28.4. The van der Waals surface area contributed by atoms with Gasteiger partial charge in [0.05, 0.1) is 11.3 Å². The number of fused-ring (bicyclic) bond motifs is 3. The molecule has 0 aliphatic carbocycles. The van der Waals surface area contributed by atoms with Crippen LogP contribution in [0.2, 0.25) is 0 Å². The number of aryl methyl sites for hydroxylation is 1. The van der Waals surface area contributed by atoms with Crippen LogP contribution in [0.25, 0.3) is 22.0 Å². The third-order valence-electron chi connectivity index (χ3n) is 7.32. The van der Waals surface area contributed by atoms with Crippen LogP contribution in [-0.4, -0.2) is 50.6 Å². The molecule has 0 unspecified atom stereocenters. The molecule has 0 spiro atoms. The third-order valence-corrected chi connectivity index (χ3v) is 7.32. The van der Waals surface area contributed by atoms with Gasteiger partial charge < -0.3 is 15.0 Å². The first-order valence-electron chi connectivity index (χ1n) is 12.3. The zero-order valence-corrected chi connectivity index (χ0v) is 19.9. The molecule has 7 nitrogen and oxygen atoms in total. The van der Waals surface area contributed by atoms with Crippen LogP contribution in [0.4, 0.5) is 5.95 Å². The number of hydrogen-bond donors (Lipinski definition) is 2. The number of aromatic carboxylic acids is 1. The number of nitrogens with zero attached hydrogens (tertiary/aromatic N) is 4. The molecule has 0 bridgehead atoms. The van der Waals surface area contributed by atoms with E-state index in [2.05, 4.69) is 67.2 Å². The van der Waals surface area contributed by atoms with Gasteiger partial charge in [-0.1, -0.05) is 30.3 Å². The maximum atomic E-state index is 11.3. The van der Waals surface area contributed by atoms with E-state index < -0.39 is 5.97 Å². The molecule has 2 aromatic carbocycles. The van der Waals surface area contributed by atoms with Crippen molar-refractivity contribution in [1.29, 1.82) is 0 Å². The first kappa shape index (κ1) is 21.8. The van der Waals surface area contributed by atoms with Gasteiger partial charge in [0.1, 0.15) is 0 Å². The fourth-order valence-corrected chi connectivity index (χ4v) is 5.44. The number of hydrogen-bond acceptors (Lipinski definition) is 5. The zero-order chi connectivity index (χ0) is 23.9. The Balaban J connectivity index is 1.26. The van der Waals surface area contributed by atoms with Gasteiger partial charge in [-0.15, -0.1) is 0 Å². The normalized spacial score (nSPS) is 16.1. The first-order valence-corrected chi connectivity index (χ1v) is 12.3. The predicted octanol–water partition coefficient (Wildman–Crippen LogP) is 4.79. The van der Waals surface area contributed by atoms with E-state index in [1.807, 2.05) is 0 Å². The summed E-state index contributed by atoms with van der Waals surface area (Å²) in [6.07, 6.45) is 4.90. The molecule has 4 heterocycles. The highest BCUT2D eigenvalue weighted by atomic mass is 16.4. The van der Waals surface area contributed by atoms with E-state index in [0.717, 1.165) is 25.0 Å². The van der Waals surface area contributed by atoms with Crippen molar-refractivity contribution >= 4 is 22.8 Å². The summed E-state index contributed by atoms with van der Waals surface area (Å²) >= 11 is 0. The number of aromatic nitrogens is 3. The number of carboxylic acid groups (broad SMARTS) is 1. The van der Waals surface area contributed by atoms with Crippen molar-refractivity contribution in [3.63, 3.8) is 0 Å². The Morgan fingerprint density at radius 3 is 2.71 bits per heavy atom. The third kappa shape index (κ3) is 4.17. The maximum Gasteiger partial charge on any atom is 0.339 e. The highest BCUT2D eigenvalue weighted by Gasteiger charge is 2.23. The Bertz CT molecular complexity index is 1420. The number of carboxylic acids is 1. The lowest BCUT2D eigenvalue weighted by Gasteiger charge is -2.27. The highest BCUT2D eigenvalue weighted by Crippen LogP contribution is 2.32. The minimum Gasteiger partial charge on any atom is -0.478 e. The molecule has 2 N–H and O–H groups in total. The minimum atomic E-state index is -0.996. The number of aromatic amines is 1. The van der Waals surface area contributed by atoms with Crippen LogP contribution >= 0.6 is 0 Å². The van der Waals surface area contributed by atoms with E-state index in [9.17, 15) is 9.90 Å². The van der Waals surface area contributed by atoms with Crippen molar-refractivity contribution in [3.8, 4) is 11.1 Å². The van der Waals surface area contributed by atoms with E-state index >= 15 is 0 Å². The standard InChI is InChI=1S/C28H29N5O2/c1-18-23(27(34)35)15-29-28(30-18)33-12-9-25-24(17-33)22-8-7-21(14-26(22)31-25)20-6-4-5-19(13-20)16-32-10-2-3-11-32/h4-8,13-15,31H,2-3,9-12,16-17H2,1H3,(H,34,35). The molecule has 2 aromatic heterocycles. The van der Waals surface area contributed by atoms with E-state index in [4.69, 9.17) is 0 Å². The zero-order valence-electron chi connectivity index (χ0n) is 19.9. The fraction of sp³-hybridized carbons (Fsp3) is 0.321. The van der Waals surface area contributed by atoms with Crippen molar-refractivity contribution in [3.05, 3.63) is 76.7 Å². The minimum absolute atomic E-state index is 0.149. The summed E-state index contributed by atoms with van der Waals surface area (Å²) < 4.78 is 0. The molecule has 2 aliphatic heterocycles. The molecule has 1 saturated heterocycles. The van der Waals surface area contributed by atoms with Crippen LogP contribution in [0.3, 0.4) is 0 Å². The topological polar surface area (TPSA) is 85.4 Å². The quantitative estimate of drug-likeness (QED) is 0.439. The molecule has 0 amide bonds. The Morgan fingerprint density at radius 2 is 1.91 bits per heavy atom. The Morgan fingerprint density at radius 1 is 1.09 bits per heavy atom. The summed E-state index contributed by atoms with van der Waals surface area (Å²) in [7, 11) is 0. The van der Waals surface area contributed by atoms with Gasteiger partial charge in [0, 0.05) is 54.4 Å². The average Bonchev–Trinajstić information content (AvgIpc) is 3.50. The van der Waals surface area contributed by atoms with Gasteiger partial charge in [-0.05, 0) is 61.7 Å². The number of H-pyrrole nitrogens is 1. The molecule has 2 aliphatic rings. The van der Waals surface area contributed by atoms with Gasteiger partial charge in [0.25, 0.3) is 0 Å². The molecular weight excluding hydrogens is 438 g/mol. The number of carbonyl (C=O) groups is 1. The first-order chi connectivity index (χ1) is 17.0. The number of rotatable bonds is 5. The van der Waals surface area contributed by atoms with Gasteiger partial charge in [0.15, 0.2) is 0 Å². The molecule has 0 radical (unpaired) electrons. The second kappa shape index (κ2) is 8.82. The van der Waals surface area contributed by atoms with Crippen LogP contribution in [0.15, 0.2) is 48.7 Å². The molecule has 0 saturated carbocycles. The summed E-state index contributed by atoms with van der Waals surface area (Å²) in [6.45, 7) is 6.64. The highest BCUT2D eigenvalue weighted by molar-refractivity contribution is 5.90. The lowest BCUT2D eigenvalue weighted by atomic mass is 9.99. The number of likely N-dealkylation sites (tertiary alicyclic amines) is 1. The average molecular weight is 468 g/mol. The van der Waals surface area contributed by atoms with Crippen LogP contribution in [-0.2, 0) is 19.5 Å². The van der Waals surface area contributed by atoms with Gasteiger partial charge in [0.2, 0.25) is 5.95 Å². The lowest BCUT2D eigenvalue weighted by molar-refractivity contribution is 0.0695. The molecular formula is C28H29N5O2. The van der Waals surface area contributed by atoms with Gasteiger partial charge in [-0.25, -0.2) is 14.8 Å². The van der Waals surface area contributed by atoms with Crippen LogP contribution < -0.4 is 4.90 Å². The number of nitrogens with one attached hydrogen (secondary N) is 1. The molecule has 7 heteroatoms. The summed E-state index contributed by atoms with van der Waals surface area (Å²) in [5.74, 6) is -0.414. The van der Waals surface area contributed by atoms with Crippen molar-refractivity contribution < 1.29 is 9.90 Å². The second-order valence-corrected chi connectivity index (χ2v) is 9.67. The molecule has 35 heavy (non-hydrogen) atoms. The van der Waals surface area contributed by atoms with E-state index in [1.165, 1.54) is 65.5 Å². The van der Waals surface area contributed by atoms with E-state index in [-0.39, 0.29) is 5.56 Å². The summed E-state index contributed by atoms with van der Waals surface area (Å²) in [6, 6.07) is 15.6. The summed E-state index contributed by atoms with van der Waals surface area (Å²) in [5.41, 5.74) is 8.16. The molecule has 0 atom stereocenters. The van der Waals surface area contributed by atoms with Crippen molar-refractivity contribution in [2.75, 3.05) is 24.5 Å². The molecule has 6 rings (SSSR count). The van der Waals surface area contributed by atoms with Crippen molar-refractivity contribution in [1.82, 2.24) is 19.9 Å². The van der Waals surface area contributed by atoms with E-state index in [0.29, 0.717) is 18.2 Å². The van der Waals surface area contributed by atoms with E-state index in [1.54, 1.807) is 6.92 Å². The number of anilines is 1. The van der Waals surface area contributed by atoms with Crippen LogP contribution in [0.5, 0.6) is 0 Å².